The molecule has 1 amide bonds. The molecule has 98 valence electrons. The Hall–Kier alpha value is -0.610. The fourth-order valence-corrected chi connectivity index (χ4v) is 2.43. The molecule has 0 spiro atoms. The summed E-state index contributed by atoms with van der Waals surface area (Å²) in [6.07, 6.45) is 5.42. The van der Waals surface area contributed by atoms with Gasteiger partial charge in [0.05, 0.1) is 12.5 Å². The Balaban J connectivity index is 1.74. The minimum atomic E-state index is -0.126. The fraction of sp³-hybridized carbons (Fsp3) is 0.923. The van der Waals surface area contributed by atoms with Crippen LogP contribution in [-0.4, -0.2) is 31.2 Å². The van der Waals surface area contributed by atoms with Gasteiger partial charge in [-0.1, -0.05) is 0 Å². The molecule has 0 aromatic rings. The Morgan fingerprint density at radius 3 is 2.35 bits per heavy atom. The Bertz CT molecular complexity index is 250. The molecular formula is C13H24N2O2. The average Bonchev–Trinajstić information content (AvgIpc) is 3.18. The lowest BCUT2D eigenvalue weighted by molar-refractivity contribution is -0.124. The predicted octanol–water partition coefficient (Wildman–Crippen LogP) is 1.05. The van der Waals surface area contributed by atoms with Gasteiger partial charge in [0, 0.05) is 19.2 Å². The summed E-state index contributed by atoms with van der Waals surface area (Å²) in [5.74, 6) is 1.60. The normalized spacial score (nSPS) is 21.6. The molecule has 4 heteroatoms. The number of ether oxygens (including phenoxy) is 1. The molecule has 0 heterocycles. The second-order valence-electron chi connectivity index (χ2n) is 5.29. The highest BCUT2D eigenvalue weighted by Crippen LogP contribution is 2.44. The van der Waals surface area contributed by atoms with Crippen LogP contribution in [0.1, 0.15) is 39.0 Å². The van der Waals surface area contributed by atoms with Gasteiger partial charge in [-0.05, 0) is 44.4 Å². The van der Waals surface area contributed by atoms with Crippen LogP contribution < -0.4 is 11.1 Å². The van der Waals surface area contributed by atoms with Crippen molar-refractivity contribution in [2.45, 2.75) is 51.2 Å². The molecule has 0 bridgehead atoms. The first kappa shape index (κ1) is 12.8. The zero-order valence-corrected chi connectivity index (χ0v) is 10.7. The van der Waals surface area contributed by atoms with Crippen LogP contribution in [-0.2, 0) is 9.53 Å². The van der Waals surface area contributed by atoms with E-state index in [1.54, 1.807) is 0 Å². The first-order chi connectivity index (χ1) is 8.24. The number of amides is 1. The topological polar surface area (TPSA) is 64.3 Å². The summed E-state index contributed by atoms with van der Waals surface area (Å²) in [4.78, 5) is 11.9. The van der Waals surface area contributed by atoms with Crippen LogP contribution in [0, 0.1) is 11.8 Å². The summed E-state index contributed by atoms with van der Waals surface area (Å²) >= 11 is 0. The molecule has 0 saturated heterocycles. The number of rotatable bonds is 8. The largest absolute Gasteiger partial charge is 0.377 e. The van der Waals surface area contributed by atoms with Crippen LogP contribution in [0.4, 0.5) is 0 Å². The number of hydrogen-bond donors (Lipinski definition) is 2. The van der Waals surface area contributed by atoms with Crippen LogP contribution in [0.3, 0.4) is 0 Å². The molecule has 0 aliphatic heterocycles. The van der Waals surface area contributed by atoms with Crippen LogP contribution in [0.15, 0.2) is 0 Å². The number of carbonyl (C=O) groups is 1. The van der Waals surface area contributed by atoms with E-state index in [1.807, 2.05) is 6.92 Å². The molecule has 2 saturated carbocycles. The van der Waals surface area contributed by atoms with Gasteiger partial charge in [0.25, 0.3) is 0 Å². The number of carbonyl (C=O) groups excluding carboxylic acids is 1. The zero-order chi connectivity index (χ0) is 12.3. The van der Waals surface area contributed by atoms with E-state index in [0.29, 0.717) is 25.6 Å². The molecule has 1 atom stereocenters. The van der Waals surface area contributed by atoms with Gasteiger partial charge in [0.2, 0.25) is 5.91 Å². The Kier molecular flexibility index (Phi) is 4.40. The fourth-order valence-electron chi connectivity index (χ4n) is 2.43. The third kappa shape index (κ3) is 3.96. The van der Waals surface area contributed by atoms with E-state index in [2.05, 4.69) is 5.32 Å². The summed E-state index contributed by atoms with van der Waals surface area (Å²) in [5.41, 5.74) is 5.58. The zero-order valence-electron chi connectivity index (χ0n) is 10.7. The van der Waals surface area contributed by atoms with Gasteiger partial charge in [-0.3, -0.25) is 4.79 Å². The number of nitrogens with two attached hydrogens (primary N) is 1. The monoisotopic (exact) mass is 240 g/mol. The Morgan fingerprint density at radius 1 is 1.35 bits per heavy atom. The van der Waals surface area contributed by atoms with E-state index >= 15 is 0 Å². The van der Waals surface area contributed by atoms with Crippen molar-refractivity contribution in [3.63, 3.8) is 0 Å². The van der Waals surface area contributed by atoms with E-state index < -0.39 is 0 Å². The van der Waals surface area contributed by atoms with Crippen molar-refractivity contribution in [1.82, 2.24) is 5.32 Å². The highest BCUT2D eigenvalue weighted by atomic mass is 16.5. The smallest absolute Gasteiger partial charge is 0.222 e. The van der Waals surface area contributed by atoms with Crippen LogP contribution >= 0.6 is 0 Å². The van der Waals surface area contributed by atoms with E-state index in [0.717, 1.165) is 11.8 Å². The highest BCUT2D eigenvalue weighted by Gasteiger charge is 2.42. The van der Waals surface area contributed by atoms with Gasteiger partial charge in [0.15, 0.2) is 0 Å². The SMILES string of the molecule is CCOC(CN)CC(=O)NC(C1CC1)C1CC1. The minimum Gasteiger partial charge on any atom is -0.377 e. The van der Waals surface area contributed by atoms with E-state index in [1.165, 1.54) is 25.7 Å². The summed E-state index contributed by atoms with van der Waals surface area (Å²) in [6, 6.07) is 0.433. The quantitative estimate of drug-likeness (QED) is 0.666. The molecule has 2 aliphatic carbocycles. The molecule has 4 nitrogen and oxygen atoms in total. The van der Waals surface area contributed by atoms with Crippen molar-refractivity contribution < 1.29 is 9.53 Å². The van der Waals surface area contributed by atoms with Crippen LogP contribution in [0.2, 0.25) is 0 Å². The molecule has 0 radical (unpaired) electrons. The van der Waals surface area contributed by atoms with Gasteiger partial charge in [0.1, 0.15) is 0 Å². The standard InChI is InChI=1S/C13H24N2O2/c1-2-17-11(8-14)7-12(16)15-13(9-3-4-9)10-5-6-10/h9-11,13H,2-8,14H2,1H3,(H,15,16). The maximum Gasteiger partial charge on any atom is 0.222 e. The molecule has 0 aromatic heterocycles. The maximum absolute atomic E-state index is 11.9. The van der Waals surface area contributed by atoms with Crippen LogP contribution in [0.25, 0.3) is 0 Å². The predicted molar refractivity (Wildman–Crippen MR) is 66.5 cm³/mol. The Morgan fingerprint density at radius 2 is 1.94 bits per heavy atom. The number of hydrogen-bond acceptors (Lipinski definition) is 3. The second kappa shape index (κ2) is 5.83. The molecule has 2 rings (SSSR count). The van der Waals surface area contributed by atoms with Gasteiger partial charge >= 0.3 is 0 Å². The molecule has 2 aliphatic rings. The minimum absolute atomic E-state index is 0.109. The van der Waals surface area contributed by atoms with Crippen molar-refractivity contribution in [2.75, 3.05) is 13.2 Å². The Labute approximate surface area is 103 Å². The van der Waals surface area contributed by atoms with Gasteiger partial charge in [-0.15, -0.1) is 0 Å². The maximum atomic E-state index is 11.9. The van der Waals surface area contributed by atoms with E-state index in [4.69, 9.17) is 10.5 Å². The molecule has 0 aromatic carbocycles. The third-order valence-corrected chi connectivity index (χ3v) is 3.67. The molecule has 2 fully saturated rings. The van der Waals surface area contributed by atoms with Gasteiger partial charge < -0.3 is 15.8 Å². The van der Waals surface area contributed by atoms with Crippen molar-refractivity contribution in [1.29, 1.82) is 0 Å². The summed E-state index contributed by atoms with van der Waals surface area (Å²) in [7, 11) is 0. The molecule has 17 heavy (non-hydrogen) atoms. The summed E-state index contributed by atoms with van der Waals surface area (Å²) < 4.78 is 5.41. The summed E-state index contributed by atoms with van der Waals surface area (Å²) in [5, 5.41) is 3.19. The lowest BCUT2D eigenvalue weighted by atomic mass is 10.1. The third-order valence-electron chi connectivity index (χ3n) is 3.67. The van der Waals surface area contributed by atoms with Gasteiger partial charge in [-0.25, -0.2) is 0 Å². The first-order valence-corrected chi connectivity index (χ1v) is 6.85. The lowest BCUT2D eigenvalue weighted by Gasteiger charge is -2.20. The first-order valence-electron chi connectivity index (χ1n) is 6.85. The van der Waals surface area contributed by atoms with E-state index in [-0.39, 0.29) is 12.0 Å². The van der Waals surface area contributed by atoms with Crippen molar-refractivity contribution in [2.24, 2.45) is 17.6 Å². The van der Waals surface area contributed by atoms with Gasteiger partial charge in [-0.2, -0.15) is 0 Å². The summed E-state index contributed by atoms with van der Waals surface area (Å²) in [6.45, 7) is 2.96. The average molecular weight is 240 g/mol. The molecular weight excluding hydrogens is 216 g/mol. The van der Waals surface area contributed by atoms with Crippen LogP contribution in [0.5, 0.6) is 0 Å². The second-order valence-corrected chi connectivity index (χ2v) is 5.29. The lowest BCUT2D eigenvalue weighted by Crippen LogP contribution is -2.41. The number of nitrogens with one attached hydrogen (secondary N) is 1. The molecule has 1 unspecified atom stereocenters. The molecule has 3 N–H and O–H groups in total. The van der Waals surface area contributed by atoms with Crippen molar-refractivity contribution >= 4 is 5.91 Å². The highest BCUT2D eigenvalue weighted by molar-refractivity contribution is 5.77. The van der Waals surface area contributed by atoms with E-state index in [9.17, 15) is 4.79 Å². The van der Waals surface area contributed by atoms with Crippen molar-refractivity contribution in [3.05, 3.63) is 0 Å². The van der Waals surface area contributed by atoms with Crippen molar-refractivity contribution in [3.8, 4) is 0 Å².